The maximum atomic E-state index is 11.8. The van der Waals surface area contributed by atoms with E-state index in [1.807, 2.05) is 30.3 Å². The first-order valence-corrected chi connectivity index (χ1v) is 6.37. The zero-order valence-electron chi connectivity index (χ0n) is 11.6. The van der Waals surface area contributed by atoms with Crippen molar-refractivity contribution in [3.05, 3.63) is 35.9 Å². The zero-order chi connectivity index (χ0) is 14.5. The fourth-order valence-corrected chi connectivity index (χ4v) is 1.78. The van der Waals surface area contributed by atoms with E-state index in [1.54, 1.807) is 20.8 Å². The van der Waals surface area contributed by atoms with Crippen LogP contribution in [0.1, 0.15) is 32.8 Å². The molecular weight excluding hydrogens is 242 g/mol. The number of hydrogen-bond acceptors (Lipinski definition) is 2. The van der Waals surface area contributed by atoms with Crippen LogP contribution in [0, 0.1) is 5.41 Å². The lowest BCUT2D eigenvalue weighted by Crippen LogP contribution is -2.49. The molecule has 0 heterocycles. The lowest BCUT2D eigenvalue weighted by Gasteiger charge is -2.27. The van der Waals surface area contributed by atoms with E-state index in [4.69, 9.17) is 5.11 Å². The number of carboxylic acid groups (broad SMARTS) is 1. The van der Waals surface area contributed by atoms with Crippen LogP contribution >= 0.6 is 0 Å². The van der Waals surface area contributed by atoms with Gasteiger partial charge in [-0.15, -0.1) is 0 Å². The normalized spacial score (nSPS) is 12.8. The lowest BCUT2D eigenvalue weighted by atomic mass is 9.86. The highest BCUT2D eigenvalue weighted by Crippen LogP contribution is 2.19. The summed E-state index contributed by atoms with van der Waals surface area (Å²) in [6, 6.07) is 8.79. The molecule has 0 bridgehead atoms. The van der Waals surface area contributed by atoms with E-state index in [9.17, 15) is 9.59 Å². The van der Waals surface area contributed by atoms with E-state index in [-0.39, 0.29) is 5.91 Å². The van der Waals surface area contributed by atoms with Crippen LogP contribution in [0.15, 0.2) is 30.3 Å². The number of benzene rings is 1. The minimum absolute atomic E-state index is 0.230. The van der Waals surface area contributed by atoms with Gasteiger partial charge < -0.3 is 10.4 Å². The Balaban J connectivity index is 2.52. The molecule has 0 aliphatic carbocycles. The predicted octanol–water partition coefficient (Wildman–Crippen LogP) is 2.23. The van der Waals surface area contributed by atoms with Crippen molar-refractivity contribution in [2.24, 2.45) is 5.41 Å². The standard InChI is InChI=1S/C15H21NO3/c1-15(2,3)13(14(18)19)16-12(17)10-9-11-7-5-4-6-8-11/h4-8,13H,9-10H2,1-3H3,(H,16,17)(H,18,19)/t13-/m0/s1. The number of aliphatic carboxylic acids is 1. The van der Waals surface area contributed by atoms with Crippen LogP contribution in [0.5, 0.6) is 0 Å². The lowest BCUT2D eigenvalue weighted by molar-refractivity contribution is -0.144. The van der Waals surface area contributed by atoms with Crippen molar-refractivity contribution in [2.75, 3.05) is 0 Å². The molecule has 1 atom stereocenters. The number of carboxylic acids is 1. The number of aryl methyl sites for hydroxylation is 1. The Kier molecular flexibility index (Phi) is 5.10. The molecule has 1 amide bonds. The highest BCUT2D eigenvalue weighted by molar-refractivity contribution is 5.84. The molecule has 19 heavy (non-hydrogen) atoms. The summed E-state index contributed by atoms with van der Waals surface area (Å²) < 4.78 is 0. The van der Waals surface area contributed by atoms with Crippen molar-refractivity contribution in [3.63, 3.8) is 0 Å². The van der Waals surface area contributed by atoms with Crippen LogP contribution in [-0.2, 0) is 16.0 Å². The summed E-state index contributed by atoms with van der Waals surface area (Å²) in [5.41, 5.74) is 0.564. The molecule has 0 aliphatic rings. The minimum Gasteiger partial charge on any atom is -0.480 e. The van der Waals surface area contributed by atoms with E-state index in [0.29, 0.717) is 12.8 Å². The van der Waals surface area contributed by atoms with E-state index >= 15 is 0 Å². The first-order chi connectivity index (χ1) is 8.80. The van der Waals surface area contributed by atoms with Crippen molar-refractivity contribution in [1.82, 2.24) is 5.32 Å². The first-order valence-electron chi connectivity index (χ1n) is 6.37. The highest BCUT2D eigenvalue weighted by atomic mass is 16.4. The maximum absolute atomic E-state index is 11.8. The molecule has 0 saturated heterocycles. The van der Waals surface area contributed by atoms with Gasteiger partial charge in [-0.3, -0.25) is 4.79 Å². The van der Waals surface area contributed by atoms with Crippen LogP contribution in [-0.4, -0.2) is 23.0 Å². The van der Waals surface area contributed by atoms with Gasteiger partial charge >= 0.3 is 5.97 Å². The van der Waals surface area contributed by atoms with Gasteiger partial charge in [0.15, 0.2) is 0 Å². The van der Waals surface area contributed by atoms with Crippen molar-refractivity contribution in [3.8, 4) is 0 Å². The van der Waals surface area contributed by atoms with Crippen LogP contribution < -0.4 is 5.32 Å². The number of nitrogens with one attached hydrogen (secondary N) is 1. The smallest absolute Gasteiger partial charge is 0.326 e. The van der Waals surface area contributed by atoms with Gasteiger partial charge in [0, 0.05) is 6.42 Å². The van der Waals surface area contributed by atoms with E-state index < -0.39 is 17.4 Å². The van der Waals surface area contributed by atoms with Crippen LogP contribution in [0.25, 0.3) is 0 Å². The minimum atomic E-state index is -0.999. The second-order valence-corrected chi connectivity index (χ2v) is 5.69. The summed E-state index contributed by atoms with van der Waals surface area (Å²) in [6.45, 7) is 5.38. The fraction of sp³-hybridized carbons (Fsp3) is 0.467. The average molecular weight is 263 g/mol. The van der Waals surface area contributed by atoms with E-state index in [2.05, 4.69) is 5.32 Å². The van der Waals surface area contributed by atoms with Gasteiger partial charge in [0.1, 0.15) is 6.04 Å². The quantitative estimate of drug-likeness (QED) is 0.856. The van der Waals surface area contributed by atoms with E-state index in [1.165, 1.54) is 0 Å². The second kappa shape index (κ2) is 6.36. The van der Waals surface area contributed by atoms with E-state index in [0.717, 1.165) is 5.56 Å². The molecule has 0 unspecified atom stereocenters. The predicted molar refractivity (Wildman–Crippen MR) is 73.8 cm³/mol. The Labute approximate surface area is 113 Å². The summed E-state index contributed by atoms with van der Waals surface area (Å²) in [6.07, 6.45) is 0.910. The third-order valence-corrected chi connectivity index (χ3v) is 2.90. The molecule has 2 N–H and O–H groups in total. The molecule has 0 saturated carbocycles. The van der Waals surface area contributed by atoms with Gasteiger partial charge in [0.2, 0.25) is 5.91 Å². The summed E-state index contributed by atoms with van der Waals surface area (Å²) in [5, 5.41) is 11.7. The van der Waals surface area contributed by atoms with Gasteiger partial charge in [-0.1, -0.05) is 51.1 Å². The molecule has 4 nitrogen and oxygen atoms in total. The molecule has 1 aromatic carbocycles. The molecule has 4 heteroatoms. The molecule has 0 radical (unpaired) electrons. The number of carbonyl (C=O) groups is 2. The van der Waals surface area contributed by atoms with Gasteiger partial charge in [-0.2, -0.15) is 0 Å². The second-order valence-electron chi connectivity index (χ2n) is 5.69. The molecule has 0 aliphatic heterocycles. The summed E-state index contributed by atoms with van der Waals surface area (Å²) in [7, 11) is 0. The summed E-state index contributed by atoms with van der Waals surface area (Å²) in [5.74, 6) is -1.23. The third kappa shape index (κ3) is 5.12. The number of amides is 1. The van der Waals surface area contributed by atoms with Gasteiger partial charge in [-0.25, -0.2) is 4.79 Å². The van der Waals surface area contributed by atoms with Crippen molar-refractivity contribution in [2.45, 2.75) is 39.7 Å². The molecule has 0 spiro atoms. The first kappa shape index (κ1) is 15.2. The van der Waals surface area contributed by atoms with Crippen molar-refractivity contribution in [1.29, 1.82) is 0 Å². The maximum Gasteiger partial charge on any atom is 0.326 e. The van der Waals surface area contributed by atoms with Crippen LogP contribution in [0.3, 0.4) is 0 Å². The molecule has 0 aromatic heterocycles. The monoisotopic (exact) mass is 263 g/mol. The fourth-order valence-electron chi connectivity index (χ4n) is 1.78. The molecular formula is C15H21NO3. The zero-order valence-corrected chi connectivity index (χ0v) is 11.6. The molecule has 1 aromatic rings. The molecule has 0 fully saturated rings. The average Bonchev–Trinajstić information content (AvgIpc) is 2.33. The topological polar surface area (TPSA) is 66.4 Å². The Morgan fingerprint density at radius 3 is 2.26 bits per heavy atom. The molecule has 1 rings (SSSR count). The largest absolute Gasteiger partial charge is 0.480 e. The highest BCUT2D eigenvalue weighted by Gasteiger charge is 2.32. The van der Waals surface area contributed by atoms with Gasteiger partial charge in [0.25, 0.3) is 0 Å². The van der Waals surface area contributed by atoms with Crippen molar-refractivity contribution < 1.29 is 14.7 Å². The number of carbonyl (C=O) groups excluding carboxylic acids is 1. The Morgan fingerprint density at radius 1 is 1.21 bits per heavy atom. The number of hydrogen-bond donors (Lipinski definition) is 2. The Morgan fingerprint density at radius 2 is 1.79 bits per heavy atom. The Bertz CT molecular complexity index is 434. The van der Waals surface area contributed by atoms with Gasteiger partial charge in [-0.05, 0) is 17.4 Å². The Hall–Kier alpha value is -1.84. The van der Waals surface area contributed by atoms with Gasteiger partial charge in [0.05, 0.1) is 0 Å². The number of rotatable bonds is 5. The van der Waals surface area contributed by atoms with Crippen molar-refractivity contribution >= 4 is 11.9 Å². The molecule has 104 valence electrons. The third-order valence-electron chi connectivity index (χ3n) is 2.90. The summed E-state index contributed by atoms with van der Waals surface area (Å²) >= 11 is 0. The van der Waals surface area contributed by atoms with Crippen LogP contribution in [0.4, 0.5) is 0 Å². The summed E-state index contributed by atoms with van der Waals surface area (Å²) in [4.78, 5) is 22.9. The SMILES string of the molecule is CC(C)(C)[C@@H](NC(=O)CCc1ccccc1)C(=O)O. The van der Waals surface area contributed by atoms with Crippen LogP contribution in [0.2, 0.25) is 0 Å².